The van der Waals surface area contributed by atoms with Gasteiger partial charge < -0.3 is 19.6 Å². The average Bonchev–Trinajstić information content (AvgIpc) is 2.57. The van der Waals surface area contributed by atoms with Gasteiger partial charge in [0.25, 0.3) is 11.7 Å². The van der Waals surface area contributed by atoms with Crippen molar-refractivity contribution >= 4 is 23.5 Å². The molecule has 1 aliphatic heterocycles. The zero-order valence-corrected chi connectivity index (χ0v) is 13.7. The lowest BCUT2D eigenvalue weighted by molar-refractivity contribution is -0.389. The molecule has 2 rings (SSSR count). The van der Waals surface area contributed by atoms with E-state index in [1.807, 2.05) is 6.92 Å². The minimum atomic E-state index is -0.963. The Morgan fingerprint density at radius 3 is 2.79 bits per heavy atom. The Balaban J connectivity index is 2.44. The number of carbonyl (C=O) groups is 2. The van der Waals surface area contributed by atoms with Crippen LogP contribution in [0.25, 0.3) is 0 Å². The summed E-state index contributed by atoms with van der Waals surface area (Å²) in [5, 5.41) is 10.9. The van der Waals surface area contributed by atoms with Crippen LogP contribution < -0.4 is 9.64 Å². The summed E-state index contributed by atoms with van der Waals surface area (Å²) in [4.78, 5) is 40.0. The summed E-state index contributed by atoms with van der Waals surface area (Å²) < 4.78 is 10.6. The molecule has 1 amide bonds. The Morgan fingerprint density at radius 2 is 2.21 bits per heavy atom. The molecule has 0 bridgehead atoms. The summed E-state index contributed by atoms with van der Waals surface area (Å²) in [5.41, 5.74) is 0. The van der Waals surface area contributed by atoms with Crippen LogP contribution in [-0.4, -0.2) is 40.5 Å². The molecular formula is C15H19N3O6. The number of hydrogen-bond acceptors (Lipinski definition) is 7. The van der Waals surface area contributed by atoms with Crippen molar-refractivity contribution in [3.8, 4) is 5.75 Å². The van der Waals surface area contributed by atoms with E-state index >= 15 is 0 Å². The maximum atomic E-state index is 12.6. The standard InChI is InChI=1S/C15H19N3O6/c1-4-8-23-15(20)9(3)17-13-11(24-10(5-2)14(17)19)6-7-12(16-13)18(21)22/h6-7,9-10H,4-5,8H2,1-3H3. The summed E-state index contributed by atoms with van der Waals surface area (Å²) in [5.74, 6) is -1.32. The Kier molecular flexibility index (Phi) is 5.32. The van der Waals surface area contributed by atoms with Crippen LogP contribution in [0.4, 0.5) is 11.6 Å². The summed E-state index contributed by atoms with van der Waals surface area (Å²) in [6, 6.07) is 1.61. The topological polar surface area (TPSA) is 112 Å². The number of anilines is 1. The highest BCUT2D eigenvalue weighted by Gasteiger charge is 2.43. The zero-order chi connectivity index (χ0) is 17.9. The summed E-state index contributed by atoms with van der Waals surface area (Å²) in [6.07, 6.45) is 0.262. The monoisotopic (exact) mass is 337 g/mol. The molecule has 2 atom stereocenters. The molecule has 2 heterocycles. The normalized spacial score (nSPS) is 17.7. The second-order valence-electron chi connectivity index (χ2n) is 5.31. The first-order chi connectivity index (χ1) is 11.4. The molecule has 0 saturated carbocycles. The fourth-order valence-electron chi connectivity index (χ4n) is 2.32. The van der Waals surface area contributed by atoms with Gasteiger partial charge in [0.15, 0.2) is 11.9 Å². The number of hydrogen-bond donors (Lipinski definition) is 0. The van der Waals surface area contributed by atoms with Crippen molar-refractivity contribution in [1.82, 2.24) is 4.98 Å². The second-order valence-corrected chi connectivity index (χ2v) is 5.31. The Hall–Kier alpha value is -2.71. The van der Waals surface area contributed by atoms with E-state index in [1.165, 1.54) is 19.1 Å². The molecule has 0 aliphatic carbocycles. The number of nitro groups is 1. The van der Waals surface area contributed by atoms with Gasteiger partial charge in [-0.2, -0.15) is 0 Å². The maximum Gasteiger partial charge on any atom is 0.366 e. The largest absolute Gasteiger partial charge is 0.474 e. The average molecular weight is 337 g/mol. The van der Waals surface area contributed by atoms with E-state index < -0.39 is 34.8 Å². The Labute approximate surface area is 138 Å². The lowest BCUT2D eigenvalue weighted by Crippen LogP contribution is -2.53. The molecule has 0 N–H and O–H groups in total. The molecule has 24 heavy (non-hydrogen) atoms. The van der Waals surface area contributed by atoms with Gasteiger partial charge in [-0.15, -0.1) is 0 Å². The van der Waals surface area contributed by atoms with E-state index in [4.69, 9.17) is 9.47 Å². The SMILES string of the molecule is CCCOC(=O)C(C)N1C(=O)C(CC)Oc2ccc([N+](=O)[O-])nc21. The first kappa shape index (κ1) is 17.6. The van der Waals surface area contributed by atoms with Crippen LogP contribution in [0.2, 0.25) is 0 Å². The molecule has 2 unspecified atom stereocenters. The molecule has 9 nitrogen and oxygen atoms in total. The lowest BCUT2D eigenvalue weighted by atomic mass is 10.1. The van der Waals surface area contributed by atoms with Crippen molar-refractivity contribution in [3.63, 3.8) is 0 Å². The van der Waals surface area contributed by atoms with Crippen molar-refractivity contribution in [2.45, 2.75) is 45.8 Å². The van der Waals surface area contributed by atoms with Crippen LogP contribution in [0, 0.1) is 10.1 Å². The smallest absolute Gasteiger partial charge is 0.366 e. The van der Waals surface area contributed by atoms with Gasteiger partial charge in [-0.3, -0.25) is 9.69 Å². The molecule has 1 aromatic rings. The van der Waals surface area contributed by atoms with E-state index in [9.17, 15) is 19.7 Å². The molecule has 0 aromatic carbocycles. The highest BCUT2D eigenvalue weighted by Crippen LogP contribution is 2.36. The summed E-state index contributed by atoms with van der Waals surface area (Å²) in [7, 11) is 0. The van der Waals surface area contributed by atoms with Gasteiger partial charge in [0.1, 0.15) is 6.04 Å². The van der Waals surface area contributed by atoms with E-state index in [-0.39, 0.29) is 18.2 Å². The van der Waals surface area contributed by atoms with Gasteiger partial charge in [0.2, 0.25) is 0 Å². The van der Waals surface area contributed by atoms with E-state index in [2.05, 4.69) is 4.98 Å². The Morgan fingerprint density at radius 1 is 1.50 bits per heavy atom. The highest BCUT2D eigenvalue weighted by atomic mass is 16.6. The van der Waals surface area contributed by atoms with Crippen LogP contribution >= 0.6 is 0 Å². The number of fused-ring (bicyclic) bond motifs is 1. The fraction of sp³-hybridized carbons (Fsp3) is 0.533. The van der Waals surface area contributed by atoms with E-state index in [0.717, 1.165) is 4.90 Å². The third-order valence-corrected chi connectivity index (χ3v) is 3.57. The van der Waals surface area contributed by atoms with Crippen molar-refractivity contribution in [2.24, 2.45) is 0 Å². The van der Waals surface area contributed by atoms with Gasteiger partial charge in [-0.25, -0.2) is 4.79 Å². The highest BCUT2D eigenvalue weighted by molar-refractivity contribution is 6.03. The molecular weight excluding hydrogens is 318 g/mol. The van der Waals surface area contributed by atoms with Crippen LogP contribution in [0.15, 0.2) is 12.1 Å². The zero-order valence-electron chi connectivity index (χ0n) is 13.7. The number of carbonyl (C=O) groups excluding carboxylic acids is 2. The van der Waals surface area contributed by atoms with Crippen molar-refractivity contribution in [2.75, 3.05) is 11.5 Å². The number of pyridine rings is 1. The van der Waals surface area contributed by atoms with Gasteiger partial charge in [0, 0.05) is 6.07 Å². The van der Waals surface area contributed by atoms with Gasteiger partial charge in [-0.05, 0) is 35.7 Å². The van der Waals surface area contributed by atoms with Crippen LogP contribution in [-0.2, 0) is 14.3 Å². The number of nitrogens with zero attached hydrogens (tertiary/aromatic N) is 3. The number of aromatic nitrogens is 1. The predicted octanol–water partition coefficient (Wildman–Crippen LogP) is 1.84. The number of ether oxygens (including phenoxy) is 2. The molecule has 130 valence electrons. The quantitative estimate of drug-likeness (QED) is 0.442. The first-order valence-corrected chi connectivity index (χ1v) is 7.72. The summed E-state index contributed by atoms with van der Waals surface area (Å²) in [6.45, 7) is 5.35. The molecule has 0 spiro atoms. The van der Waals surface area contributed by atoms with Crippen LogP contribution in [0.1, 0.15) is 33.6 Å². The minimum absolute atomic E-state index is 0.0418. The predicted molar refractivity (Wildman–Crippen MR) is 83.8 cm³/mol. The molecule has 0 fully saturated rings. The molecule has 0 radical (unpaired) electrons. The third-order valence-electron chi connectivity index (χ3n) is 3.57. The fourth-order valence-corrected chi connectivity index (χ4v) is 2.32. The number of esters is 1. The van der Waals surface area contributed by atoms with Gasteiger partial charge in [-0.1, -0.05) is 13.8 Å². The molecule has 9 heteroatoms. The van der Waals surface area contributed by atoms with Crippen LogP contribution in [0.3, 0.4) is 0 Å². The summed E-state index contributed by atoms with van der Waals surface area (Å²) >= 11 is 0. The lowest BCUT2D eigenvalue weighted by Gasteiger charge is -2.33. The molecule has 0 saturated heterocycles. The molecule has 1 aromatic heterocycles. The van der Waals surface area contributed by atoms with Crippen LogP contribution in [0.5, 0.6) is 5.75 Å². The number of rotatable bonds is 6. The molecule has 1 aliphatic rings. The van der Waals surface area contributed by atoms with Gasteiger partial charge >= 0.3 is 11.8 Å². The van der Waals surface area contributed by atoms with Crippen molar-refractivity contribution in [3.05, 3.63) is 22.2 Å². The minimum Gasteiger partial charge on any atom is -0.474 e. The number of amides is 1. The van der Waals surface area contributed by atoms with Crippen molar-refractivity contribution in [1.29, 1.82) is 0 Å². The van der Waals surface area contributed by atoms with E-state index in [1.54, 1.807) is 6.92 Å². The maximum absolute atomic E-state index is 12.6. The van der Waals surface area contributed by atoms with E-state index in [0.29, 0.717) is 12.8 Å². The third kappa shape index (κ3) is 3.29. The first-order valence-electron chi connectivity index (χ1n) is 7.72. The Bertz CT molecular complexity index is 663. The van der Waals surface area contributed by atoms with Crippen molar-refractivity contribution < 1.29 is 24.0 Å². The second kappa shape index (κ2) is 7.24. The van der Waals surface area contributed by atoms with Gasteiger partial charge in [0.05, 0.1) is 6.61 Å².